The summed E-state index contributed by atoms with van der Waals surface area (Å²) in [7, 11) is 0. The van der Waals surface area contributed by atoms with Crippen LogP contribution < -0.4 is 5.84 Å². The molecular weight excluding hydrogens is 411 g/mol. The van der Waals surface area contributed by atoms with Gasteiger partial charge in [0, 0.05) is 16.7 Å². The third-order valence-electron chi connectivity index (χ3n) is 3.24. The van der Waals surface area contributed by atoms with Gasteiger partial charge in [0.15, 0.2) is 0 Å². The molecule has 0 aliphatic heterocycles. The lowest BCUT2D eigenvalue weighted by molar-refractivity contribution is 0.0581. The molecule has 1 amide bonds. The number of aldehydes is 1. The van der Waals surface area contributed by atoms with Gasteiger partial charge in [0.05, 0.1) is 5.54 Å². The van der Waals surface area contributed by atoms with Crippen molar-refractivity contribution in [3.8, 4) is 0 Å². The molecule has 2 N–H and O–H groups in total. The van der Waals surface area contributed by atoms with Crippen molar-refractivity contribution in [1.29, 1.82) is 0 Å². The molecule has 0 atom stereocenters. The molecule has 0 fully saturated rings. The van der Waals surface area contributed by atoms with E-state index in [4.69, 9.17) is 17.4 Å². The van der Waals surface area contributed by atoms with Crippen LogP contribution in [0.4, 0.5) is 0 Å². The van der Waals surface area contributed by atoms with Gasteiger partial charge in [-0.2, -0.15) is 0 Å². The van der Waals surface area contributed by atoms with E-state index in [-0.39, 0.29) is 30.7 Å². The first-order chi connectivity index (χ1) is 11.7. The highest BCUT2D eigenvalue weighted by Gasteiger charge is 2.24. The maximum Gasteiger partial charge on any atom is 0.268 e. The Labute approximate surface area is 176 Å². The van der Waals surface area contributed by atoms with Gasteiger partial charge in [-0.3, -0.25) is 19.4 Å². The van der Waals surface area contributed by atoms with Gasteiger partial charge in [0.2, 0.25) is 0 Å². The second-order valence-electron chi connectivity index (χ2n) is 6.23. The van der Waals surface area contributed by atoms with E-state index in [0.717, 1.165) is 6.29 Å². The SMILES string of the molecule is CC(C)(C)N(N)C(=O)c1ccc(C=O)cc1.Cl.Cl.O=C(Cl)c1ccccc1. The van der Waals surface area contributed by atoms with Crippen molar-refractivity contribution >= 4 is 53.9 Å². The van der Waals surface area contributed by atoms with Gasteiger partial charge < -0.3 is 0 Å². The van der Waals surface area contributed by atoms with Crippen molar-refractivity contribution in [3.63, 3.8) is 0 Å². The minimum absolute atomic E-state index is 0. The Balaban J connectivity index is 0. The highest BCUT2D eigenvalue weighted by atomic mass is 35.5. The molecule has 0 aliphatic rings. The number of nitrogens with two attached hydrogens (primary N) is 1. The summed E-state index contributed by atoms with van der Waals surface area (Å²) >= 11 is 5.16. The van der Waals surface area contributed by atoms with Gasteiger partial charge in [0.25, 0.3) is 11.1 Å². The lowest BCUT2D eigenvalue weighted by atomic mass is 10.1. The summed E-state index contributed by atoms with van der Waals surface area (Å²) in [5.74, 6) is 5.45. The third kappa shape index (κ3) is 9.02. The lowest BCUT2D eigenvalue weighted by Crippen LogP contribution is -2.50. The topological polar surface area (TPSA) is 80.5 Å². The predicted molar refractivity (Wildman–Crippen MR) is 113 cm³/mol. The van der Waals surface area contributed by atoms with E-state index in [1.165, 1.54) is 5.01 Å². The summed E-state index contributed by atoms with van der Waals surface area (Å²) in [6.07, 6.45) is 0.734. The monoisotopic (exact) mass is 432 g/mol. The molecule has 0 unspecified atom stereocenters. The van der Waals surface area contributed by atoms with E-state index >= 15 is 0 Å². The minimum Gasteiger partial charge on any atom is -0.298 e. The molecule has 2 aromatic carbocycles. The van der Waals surface area contributed by atoms with Crippen molar-refractivity contribution < 1.29 is 14.4 Å². The summed E-state index contributed by atoms with van der Waals surface area (Å²) in [5, 5.41) is 0.777. The Morgan fingerprint density at radius 2 is 1.41 bits per heavy atom. The Bertz CT molecular complexity index is 730. The van der Waals surface area contributed by atoms with Crippen LogP contribution in [0.2, 0.25) is 0 Å². The maximum absolute atomic E-state index is 11.9. The summed E-state index contributed by atoms with van der Waals surface area (Å²) in [6.45, 7) is 5.56. The Morgan fingerprint density at radius 1 is 0.926 bits per heavy atom. The number of benzene rings is 2. The van der Waals surface area contributed by atoms with E-state index in [2.05, 4.69) is 0 Å². The van der Waals surface area contributed by atoms with E-state index in [9.17, 15) is 14.4 Å². The van der Waals surface area contributed by atoms with Gasteiger partial charge >= 0.3 is 0 Å². The van der Waals surface area contributed by atoms with Gasteiger partial charge in [-0.05, 0) is 44.5 Å². The summed E-state index contributed by atoms with van der Waals surface area (Å²) in [4.78, 5) is 32.8. The van der Waals surface area contributed by atoms with Gasteiger partial charge in [-0.15, -0.1) is 24.8 Å². The second-order valence-corrected chi connectivity index (χ2v) is 6.57. The van der Waals surface area contributed by atoms with Crippen LogP contribution in [0.15, 0.2) is 54.6 Å². The molecular formula is C19H23Cl3N2O3. The first-order valence-electron chi connectivity index (χ1n) is 7.56. The van der Waals surface area contributed by atoms with Gasteiger partial charge in [-0.25, -0.2) is 5.84 Å². The zero-order chi connectivity index (χ0) is 19.0. The molecule has 0 heterocycles. The first-order valence-corrected chi connectivity index (χ1v) is 7.94. The van der Waals surface area contributed by atoms with Crippen molar-refractivity contribution in [2.24, 2.45) is 5.84 Å². The third-order valence-corrected chi connectivity index (χ3v) is 3.45. The van der Waals surface area contributed by atoms with Crippen LogP contribution in [0.1, 0.15) is 51.8 Å². The number of amides is 1. The number of rotatable bonds is 3. The number of carbonyl (C=O) groups is 3. The fourth-order valence-corrected chi connectivity index (χ4v) is 1.84. The molecule has 0 spiro atoms. The van der Waals surface area contributed by atoms with Crippen molar-refractivity contribution in [2.75, 3.05) is 0 Å². The van der Waals surface area contributed by atoms with E-state index in [1.807, 2.05) is 26.8 Å². The molecule has 8 heteroatoms. The molecule has 0 saturated heterocycles. The van der Waals surface area contributed by atoms with Crippen LogP contribution in [0, 0.1) is 0 Å². The average molecular weight is 434 g/mol. The molecule has 0 aliphatic carbocycles. The quantitative estimate of drug-likeness (QED) is 0.254. The van der Waals surface area contributed by atoms with Crippen LogP contribution in [0.5, 0.6) is 0 Å². The van der Waals surface area contributed by atoms with Crippen LogP contribution in [-0.2, 0) is 0 Å². The number of carbonyl (C=O) groups excluding carboxylic acids is 3. The van der Waals surface area contributed by atoms with Crippen LogP contribution >= 0.6 is 36.4 Å². The Morgan fingerprint density at radius 3 is 1.74 bits per heavy atom. The fraction of sp³-hybridized carbons (Fsp3) is 0.211. The van der Waals surface area contributed by atoms with Crippen molar-refractivity contribution in [2.45, 2.75) is 26.3 Å². The highest BCUT2D eigenvalue weighted by molar-refractivity contribution is 6.67. The zero-order valence-electron chi connectivity index (χ0n) is 15.2. The number of halogens is 3. The van der Waals surface area contributed by atoms with Crippen LogP contribution in [-0.4, -0.2) is 28.0 Å². The van der Waals surface area contributed by atoms with E-state index < -0.39 is 10.8 Å². The first kappa shape index (κ1) is 27.3. The predicted octanol–water partition coefficient (Wildman–Crippen LogP) is 4.52. The molecule has 148 valence electrons. The molecule has 0 saturated carbocycles. The summed E-state index contributed by atoms with van der Waals surface area (Å²) in [5.41, 5.74) is 1.12. The number of hydrazine groups is 1. The van der Waals surface area contributed by atoms with Crippen molar-refractivity contribution in [1.82, 2.24) is 5.01 Å². The Kier molecular flexibility index (Phi) is 12.6. The number of hydrogen-bond acceptors (Lipinski definition) is 4. The molecule has 2 aromatic rings. The standard InChI is InChI=1S/C12H16N2O2.C7H5ClO.2ClH/c1-12(2,3)14(13)11(16)10-6-4-9(8-15)5-7-10;8-7(9)6-4-2-1-3-5-6;;/h4-8H,13H2,1-3H3;1-5H;2*1H. The highest BCUT2D eigenvalue weighted by Crippen LogP contribution is 2.13. The number of hydrogen-bond donors (Lipinski definition) is 1. The second kappa shape index (κ2) is 12.5. The molecule has 27 heavy (non-hydrogen) atoms. The fourth-order valence-electron chi connectivity index (χ4n) is 1.72. The average Bonchev–Trinajstić information content (AvgIpc) is 2.61. The number of nitrogens with zero attached hydrogens (tertiary/aromatic N) is 1. The van der Waals surface area contributed by atoms with Crippen molar-refractivity contribution in [3.05, 3.63) is 71.3 Å². The molecule has 0 aromatic heterocycles. The normalized spacial score (nSPS) is 9.52. The van der Waals surface area contributed by atoms with Gasteiger partial charge in [0.1, 0.15) is 6.29 Å². The maximum atomic E-state index is 11.9. The minimum atomic E-state index is -0.430. The lowest BCUT2D eigenvalue weighted by Gasteiger charge is -2.31. The smallest absolute Gasteiger partial charge is 0.268 e. The van der Waals surface area contributed by atoms with Crippen LogP contribution in [0.25, 0.3) is 0 Å². The van der Waals surface area contributed by atoms with E-state index in [1.54, 1.807) is 48.5 Å². The molecule has 0 bridgehead atoms. The molecule has 5 nitrogen and oxygen atoms in total. The summed E-state index contributed by atoms with van der Waals surface area (Å²) < 4.78 is 0. The van der Waals surface area contributed by atoms with E-state index in [0.29, 0.717) is 16.7 Å². The molecule has 0 radical (unpaired) electrons. The van der Waals surface area contributed by atoms with Crippen LogP contribution in [0.3, 0.4) is 0 Å². The van der Waals surface area contributed by atoms with Gasteiger partial charge in [-0.1, -0.05) is 42.5 Å². The summed E-state index contributed by atoms with van der Waals surface area (Å²) in [6, 6.07) is 15.1. The zero-order valence-corrected chi connectivity index (χ0v) is 17.6. The molecule has 2 rings (SSSR count). The largest absolute Gasteiger partial charge is 0.298 e. The Hall–Kier alpha value is -1.92.